The topological polar surface area (TPSA) is 34.2 Å². The molecule has 0 aliphatic carbocycles. The van der Waals surface area contributed by atoms with Crippen LogP contribution in [0.5, 0.6) is 5.75 Å². The van der Waals surface area contributed by atoms with Crippen LogP contribution in [0.1, 0.15) is 19.8 Å². The smallest absolute Gasteiger partial charge is 0.168 e. The number of nitrogens with zero attached hydrogens (tertiary/aromatic N) is 1. The van der Waals surface area contributed by atoms with E-state index in [-0.39, 0.29) is 0 Å². The highest BCUT2D eigenvalue weighted by atomic mass is 35.5. The van der Waals surface area contributed by atoms with Gasteiger partial charge >= 0.3 is 0 Å². The molecule has 0 radical (unpaired) electrons. The Morgan fingerprint density at radius 3 is 3.00 bits per heavy atom. The maximum atomic E-state index is 5.75. The van der Waals surface area contributed by atoms with Gasteiger partial charge in [-0.1, -0.05) is 13.3 Å². The van der Waals surface area contributed by atoms with E-state index in [1.165, 1.54) is 0 Å². The summed E-state index contributed by atoms with van der Waals surface area (Å²) in [6.07, 6.45) is 3.91. The fourth-order valence-electron chi connectivity index (χ4n) is 1.53. The minimum Gasteiger partial charge on any atom is -0.493 e. The van der Waals surface area contributed by atoms with E-state index in [0.717, 1.165) is 31.0 Å². The summed E-state index contributed by atoms with van der Waals surface area (Å²) in [4.78, 5) is 4.25. The molecule has 0 spiro atoms. The summed E-state index contributed by atoms with van der Waals surface area (Å²) in [5, 5.41) is 3.31. The highest BCUT2D eigenvalue weighted by Crippen LogP contribution is 2.21. The first-order chi connectivity index (χ1) is 7.81. The number of ether oxygens (including phenoxy) is 1. The number of nitrogens with one attached hydrogen (secondary N) is 1. The molecule has 0 saturated carbocycles. The molecule has 1 heterocycles. The second kappa shape index (κ2) is 7.34. The number of pyridine rings is 1. The van der Waals surface area contributed by atoms with E-state index in [0.29, 0.717) is 11.8 Å². The lowest BCUT2D eigenvalue weighted by atomic mass is 10.0. The maximum absolute atomic E-state index is 5.75. The van der Waals surface area contributed by atoms with Gasteiger partial charge in [0.1, 0.15) is 0 Å². The molecule has 1 aromatic rings. The molecule has 3 nitrogen and oxygen atoms in total. The molecular weight excluding hydrogens is 224 g/mol. The van der Waals surface area contributed by atoms with E-state index < -0.39 is 0 Å². The standard InChI is InChI=1S/C12H19ClN2O/c1-3-10(6-7-13)9-15-12-11(16-2)5-4-8-14-12/h4-5,8,10H,3,6-7,9H2,1-2H3,(H,14,15). The predicted octanol–water partition coefficient (Wildman–Crippen LogP) is 3.16. The summed E-state index contributed by atoms with van der Waals surface area (Å²) in [6.45, 7) is 3.06. The fourth-order valence-corrected chi connectivity index (χ4v) is 1.84. The summed E-state index contributed by atoms with van der Waals surface area (Å²) < 4.78 is 5.22. The highest BCUT2D eigenvalue weighted by molar-refractivity contribution is 6.17. The van der Waals surface area contributed by atoms with Crippen LogP contribution >= 0.6 is 11.6 Å². The lowest BCUT2D eigenvalue weighted by Gasteiger charge is -2.15. The molecule has 16 heavy (non-hydrogen) atoms. The molecule has 0 aliphatic rings. The number of methoxy groups -OCH3 is 1. The quantitative estimate of drug-likeness (QED) is 0.746. The molecule has 1 unspecified atom stereocenters. The van der Waals surface area contributed by atoms with Crippen molar-refractivity contribution < 1.29 is 4.74 Å². The Morgan fingerprint density at radius 2 is 2.38 bits per heavy atom. The van der Waals surface area contributed by atoms with Crippen LogP contribution in [0.2, 0.25) is 0 Å². The zero-order chi connectivity index (χ0) is 11.8. The molecule has 4 heteroatoms. The molecule has 1 aromatic heterocycles. The van der Waals surface area contributed by atoms with Crippen LogP contribution in [0.15, 0.2) is 18.3 Å². The SMILES string of the molecule is CCC(CCCl)CNc1ncccc1OC. The predicted molar refractivity (Wildman–Crippen MR) is 68.4 cm³/mol. The van der Waals surface area contributed by atoms with E-state index in [1.54, 1.807) is 13.3 Å². The van der Waals surface area contributed by atoms with Gasteiger partial charge in [0.2, 0.25) is 0 Å². The first-order valence-corrected chi connectivity index (χ1v) is 6.14. The van der Waals surface area contributed by atoms with Gasteiger partial charge in [0.15, 0.2) is 11.6 Å². The molecule has 1 atom stereocenters. The lowest BCUT2D eigenvalue weighted by Crippen LogP contribution is -2.15. The average molecular weight is 243 g/mol. The number of hydrogen-bond donors (Lipinski definition) is 1. The molecule has 1 rings (SSSR count). The van der Waals surface area contributed by atoms with E-state index in [9.17, 15) is 0 Å². The van der Waals surface area contributed by atoms with E-state index >= 15 is 0 Å². The summed E-state index contributed by atoms with van der Waals surface area (Å²) in [5.41, 5.74) is 0. The Morgan fingerprint density at radius 1 is 1.56 bits per heavy atom. The fraction of sp³-hybridized carbons (Fsp3) is 0.583. The molecule has 0 saturated heterocycles. The number of aromatic nitrogens is 1. The van der Waals surface area contributed by atoms with Gasteiger partial charge in [-0.15, -0.1) is 11.6 Å². The highest BCUT2D eigenvalue weighted by Gasteiger charge is 2.08. The zero-order valence-corrected chi connectivity index (χ0v) is 10.6. The van der Waals surface area contributed by atoms with Crippen molar-refractivity contribution in [3.05, 3.63) is 18.3 Å². The van der Waals surface area contributed by atoms with Crippen LogP contribution in [0.3, 0.4) is 0 Å². The number of alkyl halides is 1. The second-order valence-corrected chi connectivity index (χ2v) is 4.07. The molecule has 0 fully saturated rings. The van der Waals surface area contributed by atoms with Gasteiger partial charge in [-0.25, -0.2) is 4.98 Å². The number of halogens is 1. The third-order valence-corrected chi connectivity index (χ3v) is 2.86. The van der Waals surface area contributed by atoms with Gasteiger partial charge in [0.25, 0.3) is 0 Å². The Kier molecular flexibility index (Phi) is 6.01. The van der Waals surface area contributed by atoms with Crippen molar-refractivity contribution in [2.24, 2.45) is 5.92 Å². The lowest BCUT2D eigenvalue weighted by molar-refractivity contribution is 0.414. The molecule has 0 aliphatic heterocycles. The van der Waals surface area contributed by atoms with Gasteiger partial charge in [-0.05, 0) is 24.5 Å². The van der Waals surface area contributed by atoms with Crippen LogP contribution in [0.25, 0.3) is 0 Å². The van der Waals surface area contributed by atoms with Gasteiger partial charge in [-0.2, -0.15) is 0 Å². The van der Waals surface area contributed by atoms with Crippen LogP contribution in [0, 0.1) is 5.92 Å². The number of rotatable bonds is 7. The van der Waals surface area contributed by atoms with Crippen molar-refractivity contribution in [2.75, 3.05) is 24.9 Å². The molecule has 0 bridgehead atoms. The third kappa shape index (κ3) is 3.89. The van der Waals surface area contributed by atoms with Gasteiger partial charge in [-0.3, -0.25) is 0 Å². The van der Waals surface area contributed by atoms with Crippen molar-refractivity contribution in [3.63, 3.8) is 0 Å². The van der Waals surface area contributed by atoms with Crippen molar-refractivity contribution in [2.45, 2.75) is 19.8 Å². The van der Waals surface area contributed by atoms with E-state index in [1.807, 2.05) is 12.1 Å². The Hall–Kier alpha value is -0.960. The Balaban J connectivity index is 2.52. The summed E-state index contributed by atoms with van der Waals surface area (Å²) in [5.74, 6) is 2.88. The van der Waals surface area contributed by atoms with Gasteiger partial charge in [0.05, 0.1) is 7.11 Å². The normalized spacial score (nSPS) is 12.2. The first kappa shape index (κ1) is 13.1. The van der Waals surface area contributed by atoms with E-state index in [2.05, 4.69) is 17.2 Å². The molecule has 0 aromatic carbocycles. The molecule has 90 valence electrons. The summed E-state index contributed by atoms with van der Waals surface area (Å²) in [6, 6.07) is 3.76. The van der Waals surface area contributed by atoms with Gasteiger partial charge < -0.3 is 10.1 Å². The van der Waals surface area contributed by atoms with Crippen LogP contribution in [0.4, 0.5) is 5.82 Å². The molecular formula is C12H19ClN2O. The van der Waals surface area contributed by atoms with Crippen molar-refractivity contribution in [1.29, 1.82) is 0 Å². The third-order valence-electron chi connectivity index (χ3n) is 2.64. The second-order valence-electron chi connectivity index (χ2n) is 3.69. The molecule has 1 N–H and O–H groups in total. The summed E-state index contributed by atoms with van der Waals surface area (Å²) in [7, 11) is 1.65. The Bertz CT molecular complexity index is 307. The largest absolute Gasteiger partial charge is 0.493 e. The maximum Gasteiger partial charge on any atom is 0.168 e. The van der Waals surface area contributed by atoms with Crippen molar-refractivity contribution >= 4 is 17.4 Å². The van der Waals surface area contributed by atoms with Crippen LogP contribution in [-0.2, 0) is 0 Å². The Labute approximate surface area is 102 Å². The zero-order valence-electron chi connectivity index (χ0n) is 9.87. The minimum atomic E-state index is 0.587. The van der Waals surface area contributed by atoms with Gasteiger partial charge in [0, 0.05) is 18.6 Å². The monoisotopic (exact) mass is 242 g/mol. The molecule has 0 amide bonds. The first-order valence-electron chi connectivity index (χ1n) is 5.60. The van der Waals surface area contributed by atoms with Crippen molar-refractivity contribution in [1.82, 2.24) is 4.98 Å². The van der Waals surface area contributed by atoms with Crippen molar-refractivity contribution in [3.8, 4) is 5.75 Å². The minimum absolute atomic E-state index is 0.587. The summed E-state index contributed by atoms with van der Waals surface area (Å²) >= 11 is 5.75. The van der Waals surface area contributed by atoms with E-state index in [4.69, 9.17) is 16.3 Å². The average Bonchev–Trinajstić information content (AvgIpc) is 2.34. The number of anilines is 1. The number of hydrogen-bond acceptors (Lipinski definition) is 3. The van der Waals surface area contributed by atoms with Crippen LogP contribution in [-0.4, -0.2) is 24.5 Å². The van der Waals surface area contributed by atoms with Crippen LogP contribution < -0.4 is 10.1 Å².